The molecule has 1 rings (SSSR count). The molecule has 0 aliphatic heterocycles. The van der Waals surface area contributed by atoms with Gasteiger partial charge in [0.25, 0.3) is 0 Å². The Morgan fingerprint density at radius 3 is 2.57 bits per heavy atom. The first-order valence-electron chi connectivity index (χ1n) is 7.56. The number of nitro groups is 1. The lowest BCUT2D eigenvalue weighted by Crippen LogP contribution is -2.33. The van der Waals surface area contributed by atoms with Gasteiger partial charge in [0, 0.05) is 20.1 Å². The smallest absolute Gasteiger partial charge is 0.407 e. The highest BCUT2D eigenvalue weighted by Crippen LogP contribution is 2.28. The van der Waals surface area contributed by atoms with Crippen LogP contribution < -0.4 is 10.6 Å². The minimum atomic E-state index is -0.534. The molecule has 0 bridgehead atoms. The summed E-state index contributed by atoms with van der Waals surface area (Å²) in [7, 11) is 1.66. The van der Waals surface area contributed by atoms with Crippen LogP contribution >= 0.6 is 0 Å². The standard InChI is InChI=1S/C14H25N5O4/c1-6-10-11(19(21)22)12(18(5)17-10)15-8-7-9-16-13(20)23-14(2,3)4/h15H,6-9H2,1-5H3,(H,16,20). The first-order valence-corrected chi connectivity index (χ1v) is 7.56. The predicted octanol–water partition coefficient (Wildman–Crippen LogP) is 2.22. The van der Waals surface area contributed by atoms with Gasteiger partial charge in [-0.1, -0.05) is 6.92 Å². The fourth-order valence-electron chi connectivity index (χ4n) is 2.00. The third kappa shape index (κ3) is 5.76. The van der Waals surface area contributed by atoms with E-state index in [1.54, 1.807) is 27.8 Å². The highest BCUT2D eigenvalue weighted by molar-refractivity contribution is 5.67. The van der Waals surface area contributed by atoms with Gasteiger partial charge in [-0.25, -0.2) is 9.48 Å². The summed E-state index contributed by atoms with van der Waals surface area (Å²) in [6.07, 6.45) is 0.618. The van der Waals surface area contributed by atoms with Crippen molar-refractivity contribution in [2.75, 3.05) is 18.4 Å². The van der Waals surface area contributed by atoms with Crippen molar-refractivity contribution in [3.05, 3.63) is 15.8 Å². The first-order chi connectivity index (χ1) is 10.7. The largest absolute Gasteiger partial charge is 0.444 e. The molecule has 130 valence electrons. The van der Waals surface area contributed by atoms with Crippen molar-refractivity contribution in [1.82, 2.24) is 15.1 Å². The number of carbonyl (C=O) groups excluding carboxylic acids is 1. The number of nitrogens with one attached hydrogen (secondary N) is 2. The van der Waals surface area contributed by atoms with E-state index in [4.69, 9.17) is 4.74 Å². The Bertz CT molecular complexity index is 562. The molecule has 23 heavy (non-hydrogen) atoms. The van der Waals surface area contributed by atoms with Gasteiger partial charge in [0.15, 0.2) is 0 Å². The zero-order chi connectivity index (χ0) is 17.6. The summed E-state index contributed by atoms with van der Waals surface area (Å²) in [5.41, 5.74) is -0.0734. The molecule has 1 amide bonds. The number of aromatic nitrogens is 2. The second-order valence-electron chi connectivity index (χ2n) is 6.09. The minimum Gasteiger partial charge on any atom is -0.444 e. The molecule has 0 unspecified atom stereocenters. The van der Waals surface area contributed by atoms with Crippen LogP contribution in [0, 0.1) is 10.1 Å². The van der Waals surface area contributed by atoms with Gasteiger partial charge < -0.3 is 15.4 Å². The monoisotopic (exact) mass is 327 g/mol. The van der Waals surface area contributed by atoms with Gasteiger partial charge >= 0.3 is 11.8 Å². The Labute approximate surface area is 135 Å². The number of hydrogen-bond acceptors (Lipinski definition) is 6. The summed E-state index contributed by atoms with van der Waals surface area (Å²) in [6.45, 7) is 8.08. The minimum absolute atomic E-state index is 0.00935. The molecule has 0 aliphatic rings. The second kappa shape index (κ2) is 7.80. The number of anilines is 1. The van der Waals surface area contributed by atoms with Gasteiger partial charge in [0.2, 0.25) is 5.82 Å². The van der Waals surface area contributed by atoms with Crippen molar-refractivity contribution in [3.8, 4) is 0 Å². The number of carbonyl (C=O) groups is 1. The van der Waals surface area contributed by atoms with Crippen molar-refractivity contribution < 1.29 is 14.5 Å². The SMILES string of the molecule is CCc1nn(C)c(NCCCNC(=O)OC(C)(C)C)c1[N+](=O)[O-]. The third-order valence-electron chi connectivity index (χ3n) is 2.92. The highest BCUT2D eigenvalue weighted by atomic mass is 16.6. The van der Waals surface area contributed by atoms with Gasteiger partial charge in [0.05, 0.1) is 4.92 Å². The molecule has 0 aliphatic carbocycles. The summed E-state index contributed by atoms with van der Waals surface area (Å²) in [5.74, 6) is 0.379. The predicted molar refractivity (Wildman–Crippen MR) is 86.6 cm³/mol. The van der Waals surface area contributed by atoms with Crippen LogP contribution in [0.25, 0.3) is 0 Å². The summed E-state index contributed by atoms with van der Waals surface area (Å²) >= 11 is 0. The molecule has 0 radical (unpaired) electrons. The Kier molecular flexibility index (Phi) is 6.35. The summed E-state index contributed by atoms with van der Waals surface area (Å²) < 4.78 is 6.59. The topological polar surface area (TPSA) is 111 Å². The molecule has 0 spiro atoms. The maximum absolute atomic E-state index is 11.5. The zero-order valence-corrected chi connectivity index (χ0v) is 14.3. The van der Waals surface area contributed by atoms with E-state index in [1.807, 2.05) is 6.92 Å². The van der Waals surface area contributed by atoms with E-state index in [0.29, 0.717) is 37.4 Å². The van der Waals surface area contributed by atoms with Crippen LogP contribution in [0.15, 0.2) is 0 Å². The molecule has 1 aromatic heterocycles. The molecule has 0 aromatic carbocycles. The first kappa shape index (κ1) is 18.7. The van der Waals surface area contributed by atoms with Crippen LogP contribution in [0.2, 0.25) is 0 Å². The summed E-state index contributed by atoms with van der Waals surface area (Å²) in [6, 6.07) is 0. The van der Waals surface area contributed by atoms with Gasteiger partial charge in [0.1, 0.15) is 11.3 Å². The maximum Gasteiger partial charge on any atom is 0.407 e. The molecule has 0 fully saturated rings. The van der Waals surface area contributed by atoms with Crippen LogP contribution in [0.3, 0.4) is 0 Å². The van der Waals surface area contributed by atoms with E-state index in [2.05, 4.69) is 15.7 Å². The van der Waals surface area contributed by atoms with Gasteiger partial charge in [-0.15, -0.1) is 0 Å². The molecule has 0 saturated heterocycles. The number of ether oxygens (including phenoxy) is 1. The number of aryl methyl sites for hydroxylation is 2. The number of hydrogen-bond donors (Lipinski definition) is 2. The zero-order valence-electron chi connectivity index (χ0n) is 14.3. The molecule has 2 N–H and O–H groups in total. The number of amides is 1. The lowest BCUT2D eigenvalue weighted by Gasteiger charge is -2.19. The van der Waals surface area contributed by atoms with Crippen LogP contribution in [0.5, 0.6) is 0 Å². The fraction of sp³-hybridized carbons (Fsp3) is 0.714. The van der Waals surface area contributed by atoms with Crippen molar-refractivity contribution in [2.45, 2.75) is 46.1 Å². The lowest BCUT2D eigenvalue weighted by atomic mass is 10.2. The van der Waals surface area contributed by atoms with E-state index < -0.39 is 16.6 Å². The van der Waals surface area contributed by atoms with Gasteiger partial charge in [-0.2, -0.15) is 5.10 Å². The van der Waals surface area contributed by atoms with Crippen molar-refractivity contribution in [3.63, 3.8) is 0 Å². The maximum atomic E-state index is 11.5. The van der Waals surface area contributed by atoms with Gasteiger partial charge in [-0.05, 0) is 33.6 Å². The molecular formula is C14H25N5O4. The third-order valence-corrected chi connectivity index (χ3v) is 2.92. The Hall–Kier alpha value is -2.32. The Morgan fingerprint density at radius 1 is 1.39 bits per heavy atom. The fourth-order valence-corrected chi connectivity index (χ4v) is 2.00. The second-order valence-corrected chi connectivity index (χ2v) is 6.09. The molecular weight excluding hydrogens is 302 g/mol. The average molecular weight is 327 g/mol. The van der Waals surface area contributed by atoms with E-state index in [1.165, 1.54) is 4.68 Å². The van der Waals surface area contributed by atoms with Crippen LogP contribution in [-0.4, -0.2) is 39.5 Å². The summed E-state index contributed by atoms with van der Waals surface area (Å²) in [4.78, 5) is 22.2. The van der Waals surface area contributed by atoms with Crippen molar-refractivity contribution in [2.24, 2.45) is 7.05 Å². The highest BCUT2D eigenvalue weighted by Gasteiger charge is 2.25. The van der Waals surface area contributed by atoms with Crippen LogP contribution in [0.4, 0.5) is 16.3 Å². The average Bonchev–Trinajstić information content (AvgIpc) is 2.73. The van der Waals surface area contributed by atoms with E-state index in [-0.39, 0.29) is 5.69 Å². The summed E-state index contributed by atoms with van der Waals surface area (Å²) in [5, 5.41) is 20.9. The molecule has 1 aromatic rings. The van der Waals surface area contributed by atoms with E-state index in [0.717, 1.165) is 0 Å². The lowest BCUT2D eigenvalue weighted by molar-refractivity contribution is -0.384. The molecule has 9 heteroatoms. The Morgan fingerprint density at radius 2 is 2.04 bits per heavy atom. The van der Waals surface area contributed by atoms with E-state index >= 15 is 0 Å². The van der Waals surface area contributed by atoms with Crippen LogP contribution in [0.1, 0.15) is 39.8 Å². The number of alkyl carbamates (subject to hydrolysis) is 1. The number of nitrogens with zero attached hydrogens (tertiary/aromatic N) is 3. The van der Waals surface area contributed by atoms with Gasteiger partial charge in [-0.3, -0.25) is 10.1 Å². The molecule has 1 heterocycles. The van der Waals surface area contributed by atoms with Crippen LogP contribution in [-0.2, 0) is 18.2 Å². The van der Waals surface area contributed by atoms with E-state index in [9.17, 15) is 14.9 Å². The molecule has 0 atom stereocenters. The Balaban J connectivity index is 2.47. The number of rotatable bonds is 7. The quantitative estimate of drug-likeness (QED) is 0.451. The van der Waals surface area contributed by atoms with Crippen molar-refractivity contribution in [1.29, 1.82) is 0 Å². The normalized spacial score (nSPS) is 11.2. The molecule has 0 saturated carbocycles. The van der Waals surface area contributed by atoms with Crippen molar-refractivity contribution >= 4 is 17.6 Å². The molecule has 9 nitrogen and oxygen atoms in total.